The minimum atomic E-state index is 0.0441. The maximum Gasteiger partial charge on any atom is 0.223 e. The molecule has 2 rings (SSSR count). The van der Waals surface area contributed by atoms with E-state index in [0.29, 0.717) is 11.8 Å². The second kappa shape index (κ2) is 7.56. The van der Waals surface area contributed by atoms with Gasteiger partial charge < -0.3 is 15.0 Å². The molecule has 6 nitrogen and oxygen atoms in total. The maximum atomic E-state index is 12.1. The number of aromatic nitrogens is 2. The number of anilines is 1. The molecule has 1 unspecified atom stereocenters. The number of halogens is 1. The highest BCUT2D eigenvalue weighted by atomic mass is 35.5. The van der Waals surface area contributed by atoms with E-state index in [9.17, 15) is 4.79 Å². The third-order valence-electron chi connectivity index (χ3n) is 3.61. The van der Waals surface area contributed by atoms with Gasteiger partial charge in [-0.25, -0.2) is 0 Å². The molecule has 1 atom stereocenters. The second-order valence-electron chi connectivity index (χ2n) is 5.34. The molecule has 1 aliphatic heterocycles. The van der Waals surface area contributed by atoms with E-state index in [1.165, 1.54) is 0 Å². The lowest BCUT2D eigenvalue weighted by molar-refractivity contribution is -0.126. The SMILES string of the molecule is COCC(C)NC(=O)C1CCN(c2ccc(Cl)nn2)CC1. The van der Waals surface area contributed by atoms with E-state index in [4.69, 9.17) is 16.3 Å². The summed E-state index contributed by atoms with van der Waals surface area (Å²) in [4.78, 5) is 14.3. The average molecular weight is 313 g/mol. The fourth-order valence-electron chi connectivity index (χ4n) is 2.50. The number of methoxy groups -OCH3 is 1. The van der Waals surface area contributed by atoms with Gasteiger partial charge in [-0.3, -0.25) is 4.79 Å². The number of amides is 1. The highest BCUT2D eigenvalue weighted by Crippen LogP contribution is 2.22. The zero-order valence-electron chi connectivity index (χ0n) is 12.4. The summed E-state index contributed by atoms with van der Waals surface area (Å²) in [6.07, 6.45) is 1.63. The summed E-state index contributed by atoms with van der Waals surface area (Å²) in [6, 6.07) is 3.63. The monoisotopic (exact) mass is 312 g/mol. The Morgan fingerprint density at radius 1 is 1.48 bits per heavy atom. The Kier molecular flexibility index (Phi) is 5.76. The quantitative estimate of drug-likeness (QED) is 0.892. The van der Waals surface area contributed by atoms with Gasteiger partial charge in [0.05, 0.1) is 6.61 Å². The molecule has 0 bridgehead atoms. The van der Waals surface area contributed by atoms with Crippen LogP contribution < -0.4 is 10.2 Å². The molecule has 1 saturated heterocycles. The number of carbonyl (C=O) groups is 1. The van der Waals surface area contributed by atoms with Crippen molar-refractivity contribution in [3.63, 3.8) is 0 Å². The van der Waals surface area contributed by atoms with Crippen molar-refractivity contribution in [3.05, 3.63) is 17.3 Å². The van der Waals surface area contributed by atoms with Crippen molar-refractivity contribution in [3.8, 4) is 0 Å². The van der Waals surface area contributed by atoms with Crippen LogP contribution in [0, 0.1) is 5.92 Å². The Hall–Kier alpha value is -1.40. The summed E-state index contributed by atoms with van der Waals surface area (Å²) < 4.78 is 5.03. The van der Waals surface area contributed by atoms with Crippen molar-refractivity contribution >= 4 is 23.3 Å². The number of hydrogen-bond donors (Lipinski definition) is 1. The number of piperidine rings is 1. The Morgan fingerprint density at radius 2 is 2.19 bits per heavy atom. The van der Waals surface area contributed by atoms with Gasteiger partial charge in [-0.05, 0) is 31.9 Å². The molecule has 0 saturated carbocycles. The standard InChI is InChI=1S/C14H21ClN4O2/c1-10(9-21-2)16-14(20)11-5-7-19(8-6-11)13-4-3-12(15)17-18-13/h3-4,10-11H,5-9H2,1-2H3,(H,16,20). The first-order valence-corrected chi connectivity index (χ1v) is 7.51. The third kappa shape index (κ3) is 4.54. The Balaban J connectivity index is 1.82. The van der Waals surface area contributed by atoms with Crippen molar-refractivity contribution in [1.29, 1.82) is 0 Å². The molecule has 0 aliphatic carbocycles. The fourth-order valence-corrected chi connectivity index (χ4v) is 2.60. The Bertz CT molecular complexity index is 461. The minimum Gasteiger partial charge on any atom is -0.383 e. The number of rotatable bonds is 5. The molecular weight excluding hydrogens is 292 g/mol. The molecule has 1 aromatic rings. The van der Waals surface area contributed by atoms with Gasteiger partial charge in [0.15, 0.2) is 11.0 Å². The predicted molar refractivity (Wildman–Crippen MR) is 81.5 cm³/mol. The van der Waals surface area contributed by atoms with Crippen LogP contribution in [0.2, 0.25) is 5.15 Å². The fraction of sp³-hybridized carbons (Fsp3) is 0.643. The molecule has 1 N–H and O–H groups in total. The molecule has 7 heteroatoms. The molecule has 2 heterocycles. The van der Waals surface area contributed by atoms with Crippen LogP contribution in [0.5, 0.6) is 0 Å². The van der Waals surface area contributed by atoms with E-state index >= 15 is 0 Å². The van der Waals surface area contributed by atoms with Crippen molar-refractivity contribution in [2.75, 3.05) is 31.7 Å². The van der Waals surface area contributed by atoms with E-state index in [1.807, 2.05) is 13.0 Å². The summed E-state index contributed by atoms with van der Waals surface area (Å²) in [7, 11) is 1.63. The Morgan fingerprint density at radius 3 is 2.76 bits per heavy atom. The summed E-state index contributed by atoms with van der Waals surface area (Å²) in [5.74, 6) is 0.980. The van der Waals surface area contributed by atoms with E-state index in [0.717, 1.165) is 31.7 Å². The van der Waals surface area contributed by atoms with Crippen molar-refractivity contribution in [1.82, 2.24) is 15.5 Å². The summed E-state index contributed by atoms with van der Waals surface area (Å²) in [6.45, 7) is 4.07. The average Bonchev–Trinajstić information content (AvgIpc) is 2.48. The van der Waals surface area contributed by atoms with Gasteiger partial charge in [-0.2, -0.15) is 0 Å². The summed E-state index contributed by atoms with van der Waals surface area (Å²) >= 11 is 5.73. The van der Waals surface area contributed by atoms with Crippen molar-refractivity contribution in [2.45, 2.75) is 25.8 Å². The minimum absolute atomic E-state index is 0.0441. The van der Waals surface area contributed by atoms with Crippen LogP contribution >= 0.6 is 11.6 Å². The Labute approximate surface area is 129 Å². The van der Waals surface area contributed by atoms with Gasteiger partial charge in [0.25, 0.3) is 0 Å². The second-order valence-corrected chi connectivity index (χ2v) is 5.73. The van der Waals surface area contributed by atoms with E-state index < -0.39 is 0 Å². The van der Waals surface area contributed by atoms with Crippen LogP contribution in [0.3, 0.4) is 0 Å². The van der Waals surface area contributed by atoms with Crippen LogP contribution in [0.15, 0.2) is 12.1 Å². The number of nitrogens with one attached hydrogen (secondary N) is 1. The number of nitrogens with zero attached hydrogens (tertiary/aromatic N) is 3. The van der Waals surface area contributed by atoms with Crippen LogP contribution in [-0.4, -0.2) is 49.0 Å². The molecule has 0 radical (unpaired) electrons. The molecule has 1 aromatic heterocycles. The largest absolute Gasteiger partial charge is 0.383 e. The zero-order chi connectivity index (χ0) is 15.2. The first kappa shape index (κ1) is 16.0. The number of carbonyl (C=O) groups excluding carboxylic acids is 1. The third-order valence-corrected chi connectivity index (χ3v) is 3.81. The zero-order valence-corrected chi connectivity index (χ0v) is 13.1. The van der Waals surface area contributed by atoms with Crippen molar-refractivity contribution in [2.24, 2.45) is 5.92 Å². The molecule has 1 aliphatic rings. The van der Waals surface area contributed by atoms with Crippen LogP contribution in [0.1, 0.15) is 19.8 Å². The summed E-state index contributed by atoms with van der Waals surface area (Å²) in [5.41, 5.74) is 0. The highest BCUT2D eigenvalue weighted by Gasteiger charge is 2.26. The lowest BCUT2D eigenvalue weighted by Gasteiger charge is -2.32. The van der Waals surface area contributed by atoms with Gasteiger partial charge in [0.1, 0.15) is 0 Å². The smallest absolute Gasteiger partial charge is 0.223 e. The van der Waals surface area contributed by atoms with Gasteiger partial charge in [0, 0.05) is 32.2 Å². The first-order valence-electron chi connectivity index (χ1n) is 7.13. The molecular formula is C14H21ClN4O2. The molecule has 21 heavy (non-hydrogen) atoms. The highest BCUT2D eigenvalue weighted by molar-refractivity contribution is 6.29. The topological polar surface area (TPSA) is 67.3 Å². The molecule has 1 amide bonds. The van der Waals surface area contributed by atoms with Gasteiger partial charge in [-0.15, -0.1) is 10.2 Å². The molecule has 116 valence electrons. The number of ether oxygens (including phenoxy) is 1. The normalized spacial score (nSPS) is 17.6. The van der Waals surface area contributed by atoms with Crippen LogP contribution in [0.25, 0.3) is 0 Å². The van der Waals surface area contributed by atoms with Crippen LogP contribution in [-0.2, 0) is 9.53 Å². The van der Waals surface area contributed by atoms with Gasteiger partial charge in [0.2, 0.25) is 5.91 Å². The lowest BCUT2D eigenvalue weighted by atomic mass is 9.95. The maximum absolute atomic E-state index is 12.1. The summed E-state index contributed by atoms with van der Waals surface area (Å²) in [5, 5.41) is 11.3. The lowest BCUT2D eigenvalue weighted by Crippen LogP contribution is -2.44. The van der Waals surface area contributed by atoms with Crippen molar-refractivity contribution < 1.29 is 9.53 Å². The van der Waals surface area contributed by atoms with E-state index in [1.54, 1.807) is 13.2 Å². The molecule has 0 spiro atoms. The van der Waals surface area contributed by atoms with Crippen LogP contribution in [0.4, 0.5) is 5.82 Å². The molecule has 0 aromatic carbocycles. The van der Waals surface area contributed by atoms with Gasteiger partial charge in [-0.1, -0.05) is 11.6 Å². The first-order chi connectivity index (χ1) is 10.1. The molecule has 1 fully saturated rings. The van der Waals surface area contributed by atoms with E-state index in [2.05, 4.69) is 20.4 Å². The number of hydrogen-bond acceptors (Lipinski definition) is 5. The van der Waals surface area contributed by atoms with E-state index in [-0.39, 0.29) is 17.9 Å². The van der Waals surface area contributed by atoms with Gasteiger partial charge >= 0.3 is 0 Å². The predicted octanol–water partition coefficient (Wildman–Crippen LogP) is 1.50.